The molecule has 2 rings (SSSR count). The van der Waals surface area contributed by atoms with Crippen molar-refractivity contribution < 1.29 is 14.3 Å². The van der Waals surface area contributed by atoms with E-state index in [4.69, 9.17) is 9.47 Å². The van der Waals surface area contributed by atoms with Crippen LogP contribution < -0.4 is 15.4 Å². The van der Waals surface area contributed by atoms with E-state index in [1.165, 1.54) is 6.42 Å². The number of hydrogen-bond acceptors (Lipinski definition) is 4. The van der Waals surface area contributed by atoms with Crippen LogP contribution in [0.25, 0.3) is 0 Å². The number of rotatable bonds is 7. The molecule has 1 aromatic rings. The van der Waals surface area contributed by atoms with Gasteiger partial charge < -0.3 is 20.1 Å². The van der Waals surface area contributed by atoms with E-state index < -0.39 is 0 Å². The molecule has 0 saturated heterocycles. The molecule has 20 heavy (non-hydrogen) atoms. The van der Waals surface area contributed by atoms with E-state index in [-0.39, 0.29) is 18.1 Å². The Morgan fingerprint density at radius 1 is 1.30 bits per heavy atom. The van der Waals surface area contributed by atoms with Gasteiger partial charge >= 0.3 is 0 Å². The van der Waals surface area contributed by atoms with E-state index in [1.54, 1.807) is 14.2 Å². The highest BCUT2D eigenvalue weighted by Crippen LogP contribution is 2.34. The van der Waals surface area contributed by atoms with Crippen LogP contribution in [0, 0.1) is 0 Å². The third-order valence-corrected chi connectivity index (χ3v) is 3.81. The molecule has 0 aromatic heterocycles. The number of hydrogen-bond donors (Lipinski definition) is 2. The Bertz CT molecular complexity index is 453. The maximum Gasteiger partial charge on any atom is 0.238 e. The van der Waals surface area contributed by atoms with Gasteiger partial charge in [-0.1, -0.05) is 12.1 Å². The Morgan fingerprint density at radius 2 is 2.05 bits per heavy atom. The fraction of sp³-hybridized carbons (Fsp3) is 0.533. The van der Waals surface area contributed by atoms with Crippen LogP contribution in [0.2, 0.25) is 0 Å². The molecule has 5 heteroatoms. The summed E-state index contributed by atoms with van der Waals surface area (Å²) in [5.74, 6) is 0.577. The number of carbonyl (C=O) groups is 1. The lowest BCUT2D eigenvalue weighted by atomic mass is 9.80. The summed E-state index contributed by atoms with van der Waals surface area (Å²) < 4.78 is 10.7. The highest BCUT2D eigenvalue weighted by Gasteiger charge is 2.36. The summed E-state index contributed by atoms with van der Waals surface area (Å²) in [6.07, 6.45) is 3.32. The summed E-state index contributed by atoms with van der Waals surface area (Å²) in [6, 6.07) is 7.36. The van der Waals surface area contributed by atoms with Gasteiger partial charge in [0.25, 0.3) is 0 Å². The molecule has 0 spiro atoms. The molecule has 110 valence electrons. The zero-order valence-corrected chi connectivity index (χ0v) is 12.1. The lowest BCUT2D eigenvalue weighted by molar-refractivity contribution is -0.116. The van der Waals surface area contributed by atoms with E-state index in [9.17, 15) is 4.79 Å². The van der Waals surface area contributed by atoms with Gasteiger partial charge in [0, 0.05) is 13.7 Å². The Balaban J connectivity index is 1.78. The molecule has 1 aliphatic carbocycles. The first-order chi connectivity index (χ1) is 9.69. The summed E-state index contributed by atoms with van der Waals surface area (Å²) in [4.78, 5) is 11.9. The van der Waals surface area contributed by atoms with Crippen LogP contribution >= 0.6 is 0 Å². The van der Waals surface area contributed by atoms with E-state index >= 15 is 0 Å². The fourth-order valence-corrected chi connectivity index (χ4v) is 2.37. The topological polar surface area (TPSA) is 59.6 Å². The summed E-state index contributed by atoms with van der Waals surface area (Å²) in [5.41, 5.74) is 0.622. The van der Waals surface area contributed by atoms with Gasteiger partial charge in [-0.15, -0.1) is 0 Å². The molecule has 1 aliphatic rings. The van der Waals surface area contributed by atoms with Crippen LogP contribution in [-0.4, -0.2) is 38.8 Å². The van der Waals surface area contributed by atoms with Gasteiger partial charge in [0.2, 0.25) is 5.91 Å². The van der Waals surface area contributed by atoms with Crippen LogP contribution in [0.15, 0.2) is 24.3 Å². The van der Waals surface area contributed by atoms with Gasteiger partial charge in [-0.05, 0) is 31.4 Å². The quantitative estimate of drug-likeness (QED) is 0.798. The second-order valence-electron chi connectivity index (χ2n) is 5.09. The third-order valence-electron chi connectivity index (χ3n) is 3.81. The monoisotopic (exact) mass is 278 g/mol. The van der Waals surface area contributed by atoms with Gasteiger partial charge in [-0.3, -0.25) is 4.79 Å². The van der Waals surface area contributed by atoms with Crippen molar-refractivity contribution in [2.45, 2.75) is 24.9 Å². The smallest absolute Gasteiger partial charge is 0.238 e. The molecule has 0 unspecified atom stereocenters. The SMILES string of the molecule is COc1ccccc1NC(=O)CNCC1(OC)CCC1. The Labute approximate surface area is 119 Å². The normalized spacial score (nSPS) is 16.3. The number of para-hydroxylation sites is 2. The van der Waals surface area contributed by atoms with Crippen LogP contribution in [-0.2, 0) is 9.53 Å². The molecule has 1 aromatic carbocycles. The molecule has 0 atom stereocenters. The van der Waals surface area contributed by atoms with Crippen LogP contribution in [0.4, 0.5) is 5.69 Å². The van der Waals surface area contributed by atoms with Crippen molar-refractivity contribution in [3.05, 3.63) is 24.3 Å². The maximum absolute atomic E-state index is 11.9. The van der Waals surface area contributed by atoms with Gasteiger partial charge in [0.1, 0.15) is 5.75 Å². The van der Waals surface area contributed by atoms with Crippen molar-refractivity contribution in [2.24, 2.45) is 0 Å². The molecule has 5 nitrogen and oxygen atoms in total. The summed E-state index contributed by atoms with van der Waals surface area (Å²) in [5, 5.41) is 5.99. The first-order valence-electron chi connectivity index (χ1n) is 6.88. The van der Waals surface area contributed by atoms with Crippen molar-refractivity contribution >= 4 is 11.6 Å². The molecule has 0 aliphatic heterocycles. The minimum absolute atomic E-state index is 0.0648. The van der Waals surface area contributed by atoms with Crippen molar-refractivity contribution in [1.82, 2.24) is 5.32 Å². The number of amides is 1. The Hall–Kier alpha value is -1.59. The molecule has 1 saturated carbocycles. The zero-order chi connectivity index (χ0) is 14.4. The Kier molecular flexibility index (Phi) is 4.98. The zero-order valence-electron chi connectivity index (χ0n) is 12.1. The number of methoxy groups -OCH3 is 2. The average Bonchev–Trinajstić information content (AvgIpc) is 2.42. The number of benzene rings is 1. The molecule has 1 amide bonds. The lowest BCUT2D eigenvalue weighted by Crippen LogP contribution is -2.49. The van der Waals surface area contributed by atoms with Crippen molar-refractivity contribution in [3.8, 4) is 5.75 Å². The van der Waals surface area contributed by atoms with Gasteiger partial charge in [-0.25, -0.2) is 0 Å². The Morgan fingerprint density at radius 3 is 2.65 bits per heavy atom. The number of ether oxygens (including phenoxy) is 2. The van der Waals surface area contributed by atoms with E-state index in [0.717, 1.165) is 12.8 Å². The lowest BCUT2D eigenvalue weighted by Gasteiger charge is -2.40. The average molecular weight is 278 g/mol. The fourth-order valence-electron chi connectivity index (χ4n) is 2.37. The van der Waals surface area contributed by atoms with Crippen LogP contribution in [0.3, 0.4) is 0 Å². The molecular formula is C15H22N2O3. The molecule has 0 heterocycles. The van der Waals surface area contributed by atoms with Gasteiger partial charge in [0.05, 0.1) is 24.9 Å². The number of carbonyl (C=O) groups excluding carboxylic acids is 1. The van der Waals surface area contributed by atoms with Gasteiger partial charge in [-0.2, -0.15) is 0 Å². The second kappa shape index (κ2) is 6.72. The minimum atomic E-state index is -0.0833. The van der Waals surface area contributed by atoms with E-state index in [1.807, 2.05) is 24.3 Å². The number of nitrogens with one attached hydrogen (secondary N) is 2. The van der Waals surface area contributed by atoms with Crippen molar-refractivity contribution in [2.75, 3.05) is 32.6 Å². The van der Waals surface area contributed by atoms with E-state index in [2.05, 4.69) is 10.6 Å². The minimum Gasteiger partial charge on any atom is -0.495 e. The summed E-state index contributed by atoms with van der Waals surface area (Å²) >= 11 is 0. The highest BCUT2D eigenvalue weighted by atomic mass is 16.5. The molecule has 1 fully saturated rings. The standard InChI is InChI=1S/C15H22N2O3/c1-19-13-7-4-3-6-12(13)17-14(18)10-16-11-15(20-2)8-5-9-15/h3-4,6-7,16H,5,8-11H2,1-2H3,(H,17,18). The predicted octanol–water partition coefficient (Wildman–Crippen LogP) is 1.79. The van der Waals surface area contributed by atoms with Crippen molar-refractivity contribution in [3.63, 3.8) is 0 Å². The predicted molar refractivity (Wildman–Crippen MR) is 78.1 cm³/mol. The van der Waals surface area contributed by atoms with Crippen LogP contribution in [0.1, 0.15) is 19.3 Å². The molecule has 0 radical (unpaired) electrons. The largest absolute Gasteiger partial charge is 0.495 e. The van der Waals surface area contributed by atoms with Gasteiger partial charge in [0.15, 0.2) is 0 Å². The highest BCUT2D eigenvalue weighted by molar-refractivity contribution is 5.93. The first kappa shape index (κ1) is 14.8. The second-order valence-corrected chi connectivity index (χ2v) is 5.09. The molecule has 0 bridgehead atoms. The van der Waals surface area contributed by atoms with Crippen LogP contribution in [0.5, 0.6) is 5.75 Å². The summed E-state index contributed by atoms with van der Waals surface area (Å²) in [6.45, 7) is 0.978. The van der Waals surface area contributed by atoms with Crippen molar-refractivity contribution in [1.29, 1.82) is 0 Å². The molecular weight excluding hydrogens is 256 g/mol. The first-order valence-corrected chi connectivity index (χ1v) is 6.88. The third kappa shape index (κ3) is 3.49. The van der Waals surface area contributed by atoms with E-state index in [0.29, 0.717) is 18.0 Å². The number of anilines is 1. The molecule has 2 N–H and O–H groups in total. The maximum atomic E-state index is 11.9. The summed E-state index contributed by atoms with van der Waals surface area (Å²) in [7, 11) is 3.32.